The van der Waals surface area contributed by atoms with Crippen molar-refractivity contribution < 1.29 is 8.42 Å². The molecule has 3 nitrogen and oxygen atoms in total. The molecule has 0 fully saturated rings. The van der Waals surface area contributed by atoms with Crippen LogP contribution in [0.15, 0.2) is 22.5 Å². The van der Waals surface area contributed by atoms with Crippen molar-refractivity contribution in [2.75, 3.05) is 5.75 Å². The Bertz CT molecular complexity index is 604. The molecule has 2 aromatic rings. The number of hydrogen-bond acceptors (Lipinski definition) is 4. The molecule has 0 N–H and O–H groups in total. The van der Waals surface area contributed by atoms with Gasteiger partial charge in [-0.2, -0.15) is 0 Å². The Labute approximate surface area is 96.6 Å². The van der Waals surface area contributed by atoms with Crippen molar-refractivity contribution in [3.8, 4) is 0 Å². The largest absolute Gasteiger partial charge is 0.225 e. The Morgan fingerprint density at radius 1 is 1.47 bits per heavy atom. The zero-order valence-corrected chi connectivity index (χ0v) is 10.3. The molecule has 0 atom stereocenters. The summed E-state index contributed by atoms with van der Waals surface area (Å²) < 4.78 is 24.1. The molecule has 0 amide bonds. The van der Waals surface area contributed by atoms with E-state index in [1.165, 1.54) is 0 Å². The Kier molecular flexibility index (Phi) is 2.70. The minimum atomic E-state index is -3.21. The van der Waals surface area contributed by atoms with Crippen LogP contribution in [0.3, 0.4) is 0 Å². The van der Waals surface area contributed by atoms with E-state index in [-0.39, 0.29) is 10.1 Å². The molecular weight excluding hydrogens is 254 g/mol. The average Bonchev–Trinajstić information content (AvgIpc) is 2.61. The molecule has 0 spiro atoms. The number of fused-ring (bicyclic) bond motifs is 1. The summed E-state index contributed by atoms with van der Waals surface area (Å²) in [4.78, 5) is 4.07. The SMILES string of the molecule is CCS(=O)(=O)c1nc2ccc(Cl)cc2s1. The minimum Gasteiger partial charge on any atom is -0.225 e. The third kappa shape index (κ3) is 2.00. The summed E-state index contributed by atoms with van der Waals surface area (Å²) in [5.74, 6) is 0.0700. The molecule has 1 aromatic carbocycles. The van der Waals surface area contributed by atoms with Gasteiger partial charge in [0.2, 0.25) is 14.2 Å². The first kappa shape index (κ1) is 10.9. The molecule has 80 valence electrons. The fourth-order valence-corrected chi connectivity index (χ4v) is 3.72. The topological polar surface area (TPSA) is 47.0 Å². The highest BCUT2D eigenvalue weighted by atomic mass is 35.5. The number of benzene rings is 1. The highest BCUT2D eigenvalue weighted by Crippen LogP contribution is 2.28. The molecular formula is C9H8ClNO2S2. The van der Waals surface area contributed by atoms with Crippen LogP contribution < -0.4 is 0 Å². The molecule has 2 rings (SSSR count). The molecule has 0 aliphatic rings. The monoisotopic (exact) mass is 261 g/mol. The predicted octanol–water partition coefficient (Wildman–Crippen LogP) is 2.74. The van der Waals surface area contributed by atoms with Crippen LogP contribution in [0.25, 0.3) is 10.2 Å². The summed E-state index contributed by atoms with van der Waals surface area (Å²) in [7, 11) is -3.21. The highest BCUT2D eigenvalue weighted by molar-refractivity contribution is 7.93. The first-order valence-corrected chi connectivity index (χ1v) is 7.16. The third-order valence-corrected chi connectivity index (χ3v) is 5.42. The lowest BCUT2D eigenvalue weighted by Gasteiger charge is -1.91. The second-order valence-corrected chi connectivity index (χ2v) is 6.91. The summed E-state index contributed by atoms with van der Waals surface area (Å²) in [5.41, 5.74) is 0.677. The first-order valence-electron chi connectivity index (χ1n) is 4.32. The molecule has 0 aliphatic carbocycles. The van der Waals surface area contributed by atoms with Gasteiger partial charge in [0.25, 0.3) is 0 Å². The van der Waals surface area contributed by atoms with Gasteiger partial charge < -0.3 is 0 Å². The maximum Gasteiger partial charge on any atom is 0.210 e. The second-order valence-electron chi connectivity index (χ2n) is 3.00. The van der Waals surface area contributed by atoms with E-state index in [9.17, 15) is 8.42 Å². The van der Waals surface area contributed by atoms with E-state index in [2.05, 4.69) is 4.98 Å². The quantitative estimate of drug-likeness (QED) is 0.835. The van der Waals surface area contributed by atoms with Gasteiger partial charge >= 0.3 is 0 Å². The minimum absolute atomic E-state index is 0.0700. The molecule has 0 unspecified atom stereocenters. The smallest absolute Gasteiger partial charge is 0.210 e. The van der Waals surface area contributed by atoms with Gasteiger partial charge in [-0.25, -0.2) is 13.4 Å². The number of sulfone groups is 1. The van der Waals surface area contributed by atoms with Gasteiger partial charge in [0, 0.05) is 5.02 Å². The van der Waals surface area contributed by atoms with Crippen molar-refractivity contribution in [2.24, 2.45) is 0 Å². The summed E-state index contributed by atoms with van der Waals surface area (Å²) in [6.45, 7) is 1.61. The standard InChI is InChI=1S/C9H8ClNO2S2/c1-2-15(12,13)9-11-7-4-3-6(10)5-8(7)14-9/h3-5H,2H2,1H3. The molecule has 0 radical (unpaired) electrons. The summed E-state index contributed by atoms with van der Waals surface area (Å²) >= 11 is 6.96. The van der Waals surface area contributed by atoms with Crippen molar-refractivity contribution in [2.45, 2.75) is 11.3 Å². The molecule has 15 heavy (non-hydrogen) atoms. The van der Waals surface area contributed by atoms with Crippen LogP contribution in [0, 0.1) is 0 Å². The Hall–Kier alpha value is -0.650. The Balaban J connectivity index is 2.67. The zero-order chi connectivity index (χ0) is 11.1. The van der Waals surface area contributed by atoms with E-state index in [0.717, 1.165) is 16.0 Å². The van der Waals surface area contributed by atoms with E-state index in [1.807, 2.05) is 0 Å². The number of thiazole rings is 1. The lowest BCUT2D eigenvalue weighted by molar-refractivity contribution is 0.596. The van der Waals surface area contributed by atoms with Crippen LogP contribution >= 0.6 is 22.9 Å². The maximum atomic E-state index is 11.6. The fourth-order valence-electron chi connectivity index (χ4n) is 1.13. The zero-order valence-electron chi connectivity index (χ0n) is 7.90. The van der Waals surface area contributed by atoms with Gasteiger partial charge in [-0.05, 0) is 18.2 Å². The summed E-state index contributed by atoms with van der Waals surface area (Å²) in [6, 6.07) is 5.15. The molecule has 0 bridgehead atoms. The van der Waals surface area contributed by atoms with E-state index >= 15 is 0 Å². The van der Waals surface area contributed by atoms with Crippen LogP contribution in [0.1, 0.15) is 6.92 Å². The molecule has 0 aliphatic heterocycles. The van der Waals surface area contributed by atoms with Crippen LogP contribution in [-0.2, 0) is 9.84 Å². The lowest BCUT2D eigenvalue weighted by Crippen LogP contribution is -2.02. The van der Waals surface area contributed by atoms with Gasteiger partial charge in [0.1, 0.15) is 0 Å². The molecule has 1 heterocycles. The summed E-state index contributed by atoms with van der Waals surface area (Å²) in [6.07, 6.45) is 0. The molecule has 1 aromatic heterocycles. The number of nitrogens with zero attached hydrogens (tertiary/aromatic N) is 1. The van der Waals surface area contributed by atoms with Crippen LogP contribution in [-0.4, -0.2) is 19.2 Å². The second kappa shape index (κ2) is 3.73. The van der Waals surface area contributed by atoms with Crippen molar-refractivity contribution in [1.29, 1.82) is 0 Å². The van der Waals surface area contributed by atoms with Crippen molar-refractivity contribution in [3.63, 3.8) is 0 Å². The van der Waals surface area contributed by atoms with Crippen molar-refractivity contribution in [3.05, 3.63) is 23.2 Å². The number of rotatable bonds is 2. The lowest BCUT2D eigenvalue weighted by atomic mass is 10.3. The van der Waals surface area contributed by atoms with Crippen LogP contribution in [0.4, 0.5) is 0 Å². The molecule has 0 saturated carbocycles. The number of aromatic nitrogens is 1. The van der Waals surface area contributed by atoms with Crippen LogP contribution in [0.5, 0.6) is 0 Å². The highest BCUT2D eigenvalue weighted by Gasteiger charge is 2.17. The van der Waals surface area contributed by atoms with Gasteiger partial charge in [-0.1, -0.05) is 18.5 Å². The third-order valence-electron chi connectivity index (χ3n) is 1.98. The van der Waals surface area contributed by atoms with E-state index in [1.54, 1.807) is 25.1 Å². The Morgan fingerprint density at radius 2 is 2.20 bits per heavy atom. The van der Waals surface area contributed by atoms with E-state index < -0.39 is 9.84 Å². The van der Waals surface area contributed by atoms with E-state index in [0.29, 0.717) is 10.5 Å². The van der Waals surface area contributed by atoms with Gasteiger partial charge in [0.15, 0.2) is 0 Å². The number of hydrogen-bond donors (Lipinski definition) is 0. The van der Waals surface area contributed by atoms with Gasteiger partial charge in [0.05, 0.1) is 16.0 Å². The molecule has 0 saturated heterocycles. The Morgan fingerprint density at radius 3 is 2.87 bits per heavy atom. The van der Waals surface area contributed by atoms with Crippen molar-refractivity contribution >= 4 is 43.0 Å². The number of halogens is 1. The first-order chi connectivity index (χ1) is 7.03. The molecule has 6 heteroatoms. The average molecular weight is 262 g/mol. The van der Waals surface area contributed by atoms with Gasteiger partial charge in [-0.3, -0.25) is 0 Å². The predicted molar refractivity (Wildman–Crippen MR) is 62.4 cm³/mol. The fraction of sp³-hybridized carbons (Fsp3) is 0.222. The van der Waals surface area contributed by atoms with Crippen molar-refractivity contribution in [1.82, 2.24) is 4.98 Å². The normalized spacial score (nSPS) is 12.1. The summed E-state index contributed by atoms with van der Waals surface area (Å²) in [5, 5.41) is 0.589. The van der Waals surface area contributed by atoms with E-state index in [4.69, 9.17) is 11.6 Å². The van der Waals surface area contributed by atoms with Gasteiger partial charge in [-0.15, -0.1) is 11.3 Å². The maximum absolute atomic E-state index is 11.6. The van der Waals surface area contributed by atoms with Crippen LogP contribution in [0.2, 0.25) is 5.02 Å².